The van der Waals surface area contributed by atoms with Gasteiger partial charge in [-0.25, -0.2) is 0 Å². The van der Waals surface area contributed by atoms with Crippen molar-refractivity contribution in [2.24, 2.45) is 17.3 Å². The number of rotatable bonds is 5. The number of alkyl halides is 3. The first-order chi connectivity index (χ1) is 15.4. The third-order valence-corrected chi connectivity index (χ3v) is 7.03. The van der Waals surface area contributed by atoms with Crippen LogP contribution >= 0.6 is 0 Å². The Hall–Kier alpha value is -2.35. The first kappa shape index (κ1) is 23.8. The zero-order valence-corrected chi connectivity index (χ0v) is 19.3. The van der Waals surface area contributed by atoms with E-state index in [9.17, 15) is 18.0 Å². The van der Waals surface area contributed by atoms with E-state index in [1.165, 1.54) is 6.07 Å². The molecule has 2 aromatic rings. The molecule has 2 aliphatic rings. The van der Waals surface area contributed by atoms with Crippen LogP contribution in [0.3, 0.4) is 0 Å². The van der Waals surface area contributed by atoms with E-state index < -0.39 is 23.6 Å². The molecule has 1 saturated carbocycles. The highest BCUT2D eigenvalue weighted by Crippen LogP contribution is 2.40. The molecular weight excluding hydrogens is 433 g/mol. The van der Waals surface area contributed by atoms with Crippen molar-refractivity contribution in [3.63, 3.8) is 0 Å². The monoisotopic (exact) mass is 464 g/mol. The lowest BCUT2D eigenvalue weighted by Crippen LogP contribution is -2.49. The molecule has 1 aliphatic heterocycles. The molecule has 0 bridgehead atoms. The molecule has 2 heterocycles. The van der Waals surface area contributed by atoms with E-state index >= 15 is 0 Å². The van der Waals surface area contributed by atoms with Crippen molar-refractivity contribution in [1.82, 2.24) is 9.88 Å². The minimum absolute atomic E-state index is 0.0104. The number of pyridine rings is 1. The summed E-state index contributed by atoms with van der Waals surface area (Å²) in [6.45, 7) is 7.57. The molecule has 2 fully saturated rings. The quantitative estimate of drug-likeness (QED) is 0.610. The van der Waals surface area contributed by atoms with Gasteiger partial charge in [0.1, 0.15) is 5.75 Å². The summed E-state index contributed by atoms with van der Waals surface area (Å²) in [5, 5.41) is 9.03. The molecule has 1 aromatic heterocycles. The van der Waals surface area contributed by atoms with Crippen molar-refractivity contribution in [2.75, 3.05) is 13.1 Å². The number of aliphatic carboxylic acids is 1. The lowest BCUT2D eigenvalue weighted by molar-refractivity contribution is -0.147. The Labute approximate surface area is 191 Å². The number of carboxylic acids is 1. The van der Waals surface area contributed by atoms with Crippen molar-refractivity contribution in [3.8, 4) is 5.75 Å². The van der Waals surface area contributed by atoms with Crippen LogP contribution in [0.5, 0.6) is 5.75 Å². The fourth-order valence-electron chi connectivity index (χ4n) is 4.97. The maximum atomic E-state index is 13.9. The number of carbonyl (C=O) groups is 1. The number of fused-ring (bicyclic) bond motifs is 1. The van der Waals surface area contributed by atoms with Crippen LogP contribution in [-0.4, -0.2) is 40.2 Å². The van der Waals surface area contributed by atoms with Gasteiger partial charge in [-0.3, -0.25) is 14.7 Å². The number of halogens is 3. The van der Waals surface area contributed by atoms with Gasteiger partial charge in [-0.15, -0.1) is 0 Å². The predicted octanol–water partition coefficient (Wildman–Crippen LogP) is 5.75. The molecule has 4 rings (SSSR count). The second-order valence-electron chi connectivity index (χ2n) is 10.5. The lowest BCUT2D eigenvalue weighted by atomic mass is 9.72. The van der Waals surface area contributed by atoms with Gasteiger partial charge in [0.2, 0.25) is 0 Å². The summed E-state index contributed by atoms with van der Waals surface area (Å²) < 4.78 is 47.7. The van der Waals surface area contributed by atoms with Gasteiger partial charge >= 0.3 is 12.1 Å². The number of hydrogen-bond acceptors (Lipinski definition) is 4. The molecule has 1 aromatic carbocycles. The van der Waals surface area contributed by atoms with Crippen molar-refractivity contribution in [2.45, 2.75) is 65.3 Å². The summed E-state index contributed by atoms with van der Waals surface area (Å²) in [5.41, 5.74) is 0.0650. The number of aromatic nitrogens is 1. The van der Waals surface area contributed by atoms with Crippen molar-refractivity contribution < 1.29 is 27.8 Å². The Balaban J connectivity index is 1.51. The first-order valence-electron chi connectivity index (χ1n) is 11.5. The molecule has 33 heavy (non-hydrogen) atoms. The maximum absolute atomic E-state index is 13.9. The SMILES string of the molecule is CC(C)(C)[C@H]1CC[C@H](Oc2ccc3nc(CN4CC(C(=O)O)C4)cc(C(F)(F)F)c3c2)CC1. The molecule has 0 spiro atoms. The smallest absolute Gasteiger partial charge is 0.417 e. The van der Waals surface area contributed by atoms with Crippen LogP contribution in [0.15, 0.2) is 24.3 Å². The van der Waals surface area contributed by atoms with Gasteiger partial charge in [-0.1, -0.05) is 20.8 Å². The van der Waals surface area contributed by atoms with E-state index in [0.717, 1.165) is 31.7 Å². The molecule has 5 nitrogen and oxygen atoms in total. The Kier molecular flexibility index (Phi) is 6.33. The van der Waals surface area contributed by atoms with Crippen LogP contribution < -0.4 is 4.74 Å². The van der Waals surface area contributed by atoms with Gasteiger partial charge in [0.15, 0.2) is 0 Å². The normalized spacial score (nSPS) is 22.8. The second-order valence-corrected chi connectivity index (χ2v) is 10.5. The molecule has 8 heteroatoms. The van der Waals surface area contributed by atoms with Crippen molar-refractivity contribution >= 4 is 16.9 Å². The molecule has 180 valence electrons. The minimum atomic E-state index is -4.53. The summed E-state index contributed by atoms with van der Waals surface area (Å²) >= 11 is 0. The van der Waals surface area contributed by atoms with Gasteiger partial charge in [0.05, 0.1) is 28.8 Å². The molecule has 0 atom stereocenters. The van der Waals surface area contributed by atoms with E-state index in [0.29, 0.717) is 24.8 Å². The van der Waals surface area contributed by atoms with Crippen LogP contribution in [0, 0.1) is 17.3 Å². The zero-order valence-electron chi connectivity index (χ0n) is 19.3. The topological polar surface area (TPSA) is 62.7 Å². The van der Waals surface area contributed by atoms with Crippen molar-refractivity contribution in [1.29, 1.82) is 0 Å². The van der Waals surface area contributed by atoms with Crippen molar-refractivity contribution in [3.05, 3.63) is 35.5 Å². The summed E-state index contributed by atoms with van der Waals surface area (Å²) in [7, 11) is 0. The van der Waals surface area contributed by atoms with Gasteiger partial charge in [0, 0.05) is 25.0 Å². The van der Waals surface area contributed by atoms with Gasteiger partial charge in [-0.2, -0.15) is 13.2 Å². The maximum Gasteiger partial charge on any atom is 0.417 e. The van der Waals surface area contributed by atoms with E-state index in [2.05, 4.69) is 25.8 Å². The van der Waals surface area contributed by atoms with E-state index in [1.807, 2.05) is 0 Å². The van der Waals surface area contributed by atoms with Gasteiger partial charge < -0.3 is 9.84 Å². The van der Waals surface area contributed by atoms with E-state index in [-0.39, 0.29) is 34.7 Å². The number of hydrogen-bond donors (Lipinski definition) is 1. The summed E-state index contributed by atoms with van der Waals surface area (Å²) in [5.74, 6) is -0.279. The van der Waals surface area contributed by atoms with E-state index in [4.69, 9.17) is 9.84 Å². The zero-order chi connectivity index (χ0) is 24.0. The Morgan fingerprint density at radius 1 is 1.12 bits per heavy atom. The Morgan fingerprint density at radius 2 is 1.79 bits per heavy atom. The largest absolute Gasteiger partial charge is 0.490 e. The molecule has 1 aliphatic carbocycles. The van der Waals surface area contributed by atoms with Crippen LogP contribution in [0.25, 0.3) is 10.9 Å². The number of ether oxygens (including phenoxy) is 1. The fraction of sp³-hybridized carbons (Fsp3) is 0.600. The molecule has 1 N–H and O–H groups in total. The molecule has 1 saturated heterocycles. The molecule has 0 radical (unpaired) electrons. The number of benzene rings is 1. The van der Waals surface area contributed by atoms with E-state index in [1.54, 1.807) is 17.0 Å². The second kappa shape index (κ2) is 8.78. The third-order valence-electron chi connectivity index (χ3n) is 7.03. The number of likely N-dealkylation sites (tertiary alicyclic amines) is 1. The highest BCUT2D eigenvalue weighted by molar-refractivity contribution is 5.84. The number of nitrogens with zero attached hydrogens (tertiary/aromatic N) is 2. The van der Waals surface area contributed by atoms with Gasteiger partial charge in [0.25, 0.3) is 0 Å². The fourth-order valence-corrected chi connectivity index (χ4v) is 4.97. The van der Waals surface area contributed by atoms with Crippen LogP contribution in [-0.2, 0) is 17.5 Å². The Morgan fingerprint density at radius 3 is 2.36 bits per heavy atom. The van der Waals surface area contributed by atoms with Gasteiger partial charge in [-0.05, 0) is 61.3 Å². The molecular formula is C25H31F3N2O3. The highest BCUT2D eigenvalue weighted by Gasteiger charge is 2.36. The van der Waals surface area contributed by atoms with Crippen LogP contribution in [0.2, 0.25) is 0 Å². The Bertz CT molecular complexity index is 1020. The summed E-state index contributed by atoms with van der Waals surface area (Å²) in [4.78, 5) is 17.2. The summed E-state index contributed by atoms with van der Waals surface area (Å²) in [6, 6.07) is 5.81. The summed E-state index contributed by atoms with van der Waals surface area (Å²) in [6.07, 6.45) is -0.610. The van der Waals surface area contributed by atoms with Crippen LogP contribution in [0.1, 0.15) is 57.7 Å². The molecule has 0 unspecified atom stereocenters. The lowest BCUT2D eigenvalue weighted by Gasteiger charge is -2.37. The highest BCUT2D eigenvalue weighted by atomic mass is 19.4. The average molecular weight is 465 g/mol. The first-order valence-corrected chi connectivity index (χ1v) is 11.5. The molecule has 0 amide bonds. The number of carboxylic acid groups (broad SMARTS) is 1. The average Bonchev–Trinajstić information content (AvgIpc) is 2.68. The minimum Gasteiger partial charge on any atom is -0.490 e. The standard InChI is InChI=1S/C25H31F3N2O3/c1-24(2,3)16-4-6-18(7-5-16)33-19-8-9-22-20(11-19)21(25(26,27)28)10-17(29-22)14-30-12-15(13-30)23(31)32/h8-11,15-16,18H,4-7,12-14H2,1-3H3,(H,31,32)/t16-,18-. The van der Waals surface area contributed by atoms with Crippen LogP contribution in [0.4, 0.5) is 13.2 Å². The predicted molar refractivity (Wildman–Crippen MR) is 119 cm³/mol. The third kappa shape index (κ3) is 5.42.